The molecule has 126 valence electrons. The second kappa shape index (κ2) is 7.23. The molecule has 1 aromatic heterocycles. The van der Waals surface area contributed by atoms with Crippen LogP contribution in [-0.2, 0) is 4.79 Å². The summed E-state index contributed by atoms with van der Waals surface area (Å²) in [5.74, 6) is -0.804. The van der Waals surface area contributed by atoms with Crippen LogP contribution in [0.3, 0.4) is 0 Å². The average Bonchev–Trinajstić information content (AvgIpc) is 2.92. The lowest BCUT2D eigenvalue weighted by Crippen LogP contribution is -2.31. The number of rotatable bonds is 5. The van der Waals surface area contributed by atoms with Crippen LogP contribution in [-0.4, -0.2) is 18.3 Å². The number of nitrogens with zero attached hydrogens (tertiary/aromatic N) is 1. The summed E-state index contributed by atoms with van der Waals surface area (Å²) in [5.41, 5.74) is 0.646. The Labute approximate surface area is 139 Å². The first-order valence-electron chi connectivity index (χ1n) is 6.69. The first-order chi connectivity index (χ1) is 11.3. The number of carbonyl (C=O) groups is 1. The maximum Gasteiger partial charge on any atom is 0.573 e. The topological polar surface area (TPSA) is 74.2 Å². The zero-order valence-electron chi connectivity index (χ0n) is 12.3. The van der Waals surface area contributed by atoms with Gasteiger partial charge in [-0.05, 0) is 30.5 Å². The van der Waals surface area contributed by atoms with Crippen molar-refractivity contribution in [1.82, 2.24) is 0 Å². The molecular weight excluding hydrogens is 343 g/mol. The lowest BCUT2D eigenvalue weighted by Gasteiger charge is -2.16. The van der Waals surface area contributed by atoms with E-state index < -0.39 is 18.3 Å². The molecule has 24 heavy (non-hydrogen) atoms. The van der Waals surface area contributed by atoms with Crippen molar-refractivity contribution < 1.29 is 22.7 Å². The molecule has 0 bridgehead atoms. The molecule has 2 aromatic rings. The van der Waals surface area contributed by atoms with Crippen LogP contribution in [0.15, 0.2) is 35.7 Å². The van der Waals surface area contributed by atoms with Crippen molar-refractivity contribution in [2.24, 2.45) is 0 Å². The number of anilines is 2. The number of thiophene rings is 1. The Morgan fingerprint density at radius 1 is 1.38 bits per heavy atom. The Hall–Kier alpha value is -2.73. The van der Waals surface area contributed by atoms with Crippen molar-refractivity contribution >= 4 is 27.9 Å². The van der Waals surface area contributed by atoms with Gasteiger partial charge in [0.25, 0.3) is 0 Å². The molecule has 5 nitrogen and oxygen atoms in total. The third-order valence-corrected chi connectivity index (χ3v) is 3.70. The number of ether oxygens (including phenoxy) is 1. The number of nitriles is 1. The van der Waals surface area contributed by atoms with Crippen LogP contribution in [0.5, 0.6) is 5.75 Å². The van der Waals surface area contributed by atoms with Crippen LogP contribution >= 0.6 is 11.3 Å². The number of amides is 1. The number of hydrogen-bond acceptors (Lipinski definition) is 5. The summed E-state index contributed by atoms with van der Waals surface area (Å²) >= 11 is 1.21. The summed E-state index contributed by atoms with van der Waals surface area (Å²) in [4.78, 5) is 12.1. The van der Waals surface area contributed by atoms with Crippen molar-refractivity contribution in [1.29, 1.82) is 5.26 Å². The van der Waals surface area contributed by atoms with Gasteiger partial charge in [-0.25, -0.2) is 0 Å². The van der Waals surface area contributed by atoms with Gasteiger partial charge in [-0.1, -0.05) is 6.07 Å². The maximum atomic E-state index is 12.2. The monoisotopic (exact) mass is 355 g/mol. The molecule has 0 fully saturated rings. The van der Waals surface area contributed by atoms with Gasteiger partial charge < -0.3 is 15.4 Å². The molecule has 0 aliphatic carbocycles. The fraction of sp³-hybridized carbons (Fsp3) is 0.200. The van der Waals surface area contributed by atoms with E-state index in [-0.39, 0.29) is 5.75 Å². The molecule has 0 spiro atoms. The van der Waals surface area contributed by atoms with E-state index in [1.807, 2.05) is 6.07 Å². The highest BCUT2D eigenvalue weighted by Crippen LogP contribution is 2.26. The molecular formula is C15H12F3N3O2S. The quantitative estimate of drug-likeness (QED) is 0.851. The molecule has 1 amide bonds. The van der Waals surface area contributed by atoms with E-state index in [1.165, 1.54) is 23.5 Å². The van der Waals surface area contributed by atoms with Gasteiger partial charge in [0.1, 0.15) is 22.9 Å². The first kappa shape index (κ1) is 17.6. The highest BCUT2D eigenvalue weighted by molar-refractivity contribution is 7.14. The Balaban J connectivity index is 2.01. The largest absolute Gasteiger partial charge is 0.573 e. The molecule has 2 N–H and O–H groups in total. The van der Waals surface area contributed by atoms with Gasteiger partial charge in [-0.3, -0.25) is 4.79 Å². The number of hydrogen-bond donors (Lipinski definition) is 2. The van der Waals surface area contributed by atoms with Crippen LogP contribution in [0.4, 0.5) is 23.9 Å². The maximum absolute atomic E-state index is 12.2. The highest BCUT2D eigenvalue weighted by Gasteiger charge is 2.31. The van der Waals surface area contributed by atoms with Crippen LogP contribution in [0.2, 0.25) is 0 Å². The Bertz CT molecular complexity index is 768. The van der Waals surface area contributed by atoms with Gasteiger partial charge in [-0.15, -0.1) is 24.5 Å². The van der Waals surface area contributed by atoms with E-state index in [2.05, 4.69) is 15.4 Å². The molecule has 1 heterocycles. The molecule has 1 atom stereocenters. The molecule has 0 saturated heterocycles. The molecule has 0 saturated carbocycles. The van der Waals surface area contributed by atoms with Gasteiger partial charge in [0, 0.05) is 11.8 Å². The number of carbonyl (C=O) groups excluding carboxylic acids is 1. The summed E-state index contributed by atoms with van der Waals surface area (Å²) in [6, 6.07) is 7.99. The van der Waals surface area contributed by atoms with Crippen molar-refractivity contribution in [2.75, 3.05) is 10.6 Å². The Morgan fingerprint density at radius 2 is 2.12 bits per heavy atom. The highest BCUT2D eigenvalue weighted by atomic mass is 32.1. The molecule has 0 unspecified atom stereocenters. The van der Waals surface area contributed by atoms with Crippen LogP contribution in [0.1, 0.15) is 12.5 Å². The second-order valence-corrected chi connectivity index (χ2v) is 5.62. The third-order valence-electron chi connectivity index (χ3n) is 2.87. The fourth-order valence-electron chi connectivity index (χ4n) is 1.81. The lowest BCUT2D eigenvalue weighted by molar-refractivity contribution is -0.274. The molecule has 0 radical (unpaired) electrons. The van der Waals surface area contributed by atoms with Crippen molar-refractivity contribution in [3.05, 3.63) is 41.3 Å². The van der Waals surface area contributed by atoms with E-state index in [4.69, 9.17) is 5.26 Å². The molecule has 9 heteroatoms. The lowest BCUT2D eigenvalue weighted by atomic mass is 10.2. The van der Waals surface area contributed by atoms with E-state index >= 15 is 0 Å². The van der Waals surface area contributed by atoms with Crippen LogP contribution in [0.25, 0.3) is 0 Å². The number of alkyl halides is 3. The summed E-state index contributed by atoms with van der Waals surface area (Å²) in [6.45, 7) is 1.55. The standard InChI is InChI=1S/C15H12F3N3O2S/c1-9(13(22)21-14-10(8-19)5-6-24-14)20-11-3-2-4-12(7-11)23-15(16,17)18/h2-7,9,20H,1H3,(H,21,22)/t9-/m0/s1. The third kappa shape index (κ3) is 4.89. The van der Waals surface area contributed by atoms with Gasteiger partial charge in [0.15, 0.2) is 0 Å². The second-order valence-electron chi connectivity index (χ2n) is 4.71. The minimum Gasteiger partial charge on any atom is -0.406 e. The first-order valence-corrected chi connectivity index (χ1v) is 7.57. The fourth-order valence-corrected chi connectivity index (χ4v) is 2.55. The summed E-state index contributed by atoms with van der Waals surface area (Å²) in [5, 5.41) is 16.4. The number of benzene rings is 1. The Kier molecular flexibility index (Phi) is 5.31. The normalized spacial score (nSPS) is 12.1. The van der Waals surface area contributed by atoms with E-state index in [0.717, 1.165) is 12.1 Å². The molecule has 2 rings (SSSR count). The Morgan fingerprint density at radius 3 is 2.79 bits per heavy atom. The summed E-state index contributed by atoms with van der Waals surface area (Å²) < 4.78 is 40.5. The van der Waals surface area contributed by atoms with Crippen LogP contribution < -0.4 is 15.4 Å². The molecule has 1 aromatic carbocycles. The zero-order valence-corrected chi connectivity index (χ0v) is 13.2. The average molecular weight is 355 g/mol. The van der Waals surface area contributed by atoms with E-state index in [9.17, 15) is 18.0 Å². The smallest absolute Gasteiger partial charge is 0.406 e. The molecule has 0 aliphatic heterocycles. The minimum atomic E-state index is -4.78. The summed E-state index contributed by atoms with van der Waals surface area (Å²) in [7, 11) is 0. The van der Waals surface area contributed by atoms with Crippen molar-refractivity contribution in [3.63, 3.8) is 0 Å². The van der Waals surface area contributed by atoms with Gasteiger partial charge in [0.2, 0.25) is 5.91 Å². The van der Waals surface area contributed by atoms with Crippen LogP contribution in [0, 0.1) is 11.3 Å². The summed E-state index contributed by atoms with van der Waals surface area (Å²) in [6.07, 6.45) is -4.78. The number of nitrogens with one attached hydrogen (secondary N) is 2. The number of halogens is 3. The van der Waals surface area contributed by atoms with Crippen molar-refractivity contribution in [3.8, 4) is 11.8 Å². The predicted octanol–water partition coefficient (Wildman–Crippen LogP) is 3.96. The molecule has 0 aliphatic rings. The minimum absolute atomic E-state index is 0.297. The van der Waals surface area contributed by atoms with Gasteiger partial charge in [-0.2, -0.15) is 5.26 Å². The van der Waals surface area contributed by atoms with E-state index in [0.29, 0.717) is 16.3 Å². The van der Waals surface area contributed by atoms with Gasteiger partial charge >= 0.3 is 6.36 Å². The SMILES string of the molecule is C[C@H](Nc1cccc(OC(F)(F)F)c1)C(=O)Nc1sccc1C#N. The predicted molar refractivity (Wildman–Crippen MR) is 83.9 cm³/mol. The zero-order chi connectivity index (χ0) is 17.7. The van der Waals surface area contributed by atoms with E-state index in [1.54, 1.807) is 18.4 Å². The van der Waals surface area contributed by atoms with Gasteiger partial charge in [0.05, 0.1) is 5.56 Å². The van der Waals surface area contributed by atoms with Crippen molar-refractivity contribution in [2.45, 2.75) is 19.3 Å².